The monoisotopic (exact) mass is 365 g/mol. The van der Waals surface area contributed by atoms with E-state index >= 15 is 0 Å². The van der Waals surface area contributed by atoms with E-state index in [0.29, 0.717) is 21.8 Å². The fourth-order valence-electron chi connectivity index (χ4n) is 2.93. The van der Waals surface area contributed by atoms with Crippen molar-refractivity contribution in [2.45, 2.75) is 18.4 Å². The molecule has 2 atom stereocenters. The van der Waals surface area contributed by atoms with Crippen molar-refractivity contribution in [3.05, 3.63) is 57.8 Å². The van der Waals surface area contributed by atoms with Gasteiger partial charge in [-0.25, -0.2) is 10.6 Å². The summed E-state index contributed by atoms with van der Waals surface area (Å²) in [7, 11) is 0. The van der Waals surface area contributed by atoms with Gasteiger partial charge in [-0.1, -0.05) is 23.2 Å². The highest BCUT2D eigenvalue weighted by atomic mass is 35.5. The van der Waals surface area contributed by atoms with Crippen LogP contribution in [0.3, 0.4) is 0 Å². The lowest BCUT2D eigenvalue weighted by Crippen LogP contribution is -2.51. The molecule has 1 aromatic carbocycles. The molecule has 8 heteroatoms. The van der Waals surface area contributed by atoms with Crippen LogP contribution in [-0.2, 0) is 4.79 Å². The lowest BCUT2D eigenvalue weighted by Gasteiger charge is -2.37. The summed E-state index contributed by atoms with van der Waals surface area (Å²) < 4.78 is 0. The van der Waals surface area contributed by atoms with Gasteiger partial charge in [0.05, 0.1) is 11.6 Å². The van der Waals surface area contributed by atoms with Crippen LogP contribution in [0.2, 0.25) is 10.0 Å². The number of carbonyl (C=O) groups is 2. The Hall–Kier alpha value is -2.15. The number of pyridine rings is 1. The van der Waals surface area contributed by atoms with Crippen LogP contribution in [0, 0.1) is 0 Å². The normalized spacial score (nSPS) is 19.7. The molecule has 2 unspecified atom stereocenters. The largest absolute Gasteiger partial charge is 0.480 e. The minimum Gasteiger partial charge on any atom is -0.480 e. The van der Waals surface area contributed by atoms with Crippen molar-refractivity contribution in [3.8, 4) is 0 Å². The van der Waals surface area contributed by atoms with Crippen LogP contribution < -0.4 is 10.9 Å². The Bertz CT molecular complexity index is 814. The number of nitrogens with zero attached hydrogens (tertiary/aromatic N) is 2. The third-order valence-corrected chi connectivity index (χ3v) is 4.59. The number of Topliss-reactive ketones (excluding diaryl/α,β-unsaturated/α-hetero) is 1. The Morgan fingerprint density at radius 1 is 1.25 bits per heavy atom. The van der Waals surface area contributed by atoms with Crippen molar-refractivity contribution in [3.63, 3.8) is 0 Å². The third kappa shape index (κ3) is 2.84. The number of anilines is 1. The van der Waals surface area contributed by atoms with Gasteiger partial charge in [-0.2, -0.15) is 0 Å². The molecule has 6 nitrogen and oxygen atoms in total. The fraction of sp³-hybridized carbons (Fsp3) is 0.188. The zero-order valence-corrected chi connectivity index (χ0v) is 13.8. The quantitative estimate of drug-likeness (QED) is 0.641. The second-order valence-electron chi connectivity index (χ2n) is 5.47. The number of halogens is 2. The van der Waals surface area contributed by atoms with E-state index in [9.17, 15) is 14.7 Å². The van der Waals surface area contributed by atoms with E-state index < -0.39 is 17.9 Å². The summed E-state index contributed by atoms with van der Waals surface area (Å²) >= 11 is 12.3. The lowest BCUT2D eigenvalue weighted by molar-refractivity contribution is -0.138. The number of hydrogen-bond acceptors (Lipinski definition) is 5. The number of carboxylic acid groups (broad SMARTS) is 1. The molecule has 2 aromatic rings. The van der Waals surface area contributed by atoms with Crippen LogP contribution >= 0.6 is 23.2 Å². The number of nitrogens with two attached hydrogens (primary N) is 1. The fourth-order valence-corrected chi connectivity index (χ4v) is 3.54. The van der Waals surface area contributed by atoms with E-state index in [-0.39, 0.29) is 17.2 Å². The zero-order valence-electron chi connectivity index (χ0n) is 12.3. The lowest BCUT2D eigenvalue weighted by atomic mass is 9.81. The van der Waals surface area contributed by atoms with Gasteiger partial charge in [0.25, 0.3) is 0 Å². The summed E-state index contributed by atoms with van der Waals surface area (Å²) in [4.78, 5) is 28.3. The van der Waals surface area contributed by atoms with Gasteiger partial charge in [0.1, 0.15) is 6.04 Å². The van der Waals surface area contributed by atoms with Crippen LogP contribution in [0.5, 0.6) is 0 Å². The number of carbonyl (C=O) groups excluding carboxylic acids is 1. The number of rotatable bonds is 3. The minimum absolute atomic E-state index is 0.0152. The maximum Gasteiger partial charge on any atom is 0.327 e. The van der Waals surface area contributed by atoms with Crippen molar-refractivity contribution in [1.29, 1.82) is 0 Å². The summed E-state index contributed by atoms with van der Waals surface area (Å²) in [5, 5.41) is 11.1. The molecule has 0 radical (unpaired) electrons. The second-order valence-corrected chi connectivity index (χ2v) is 6.31. The standard InChI is InChI=1S/C16H13Cl2N3O3/c17-9-5-11(18)14-10(15(22)8-1-3-20-4-2-8)7-13(16(23)24)21(19)12(14)6-9/h1-6,10,13H,7,19H2,(H,23,24). The summed E-state index contributed by atoms with van der Waals surface area (Å²) in [5.41, 5.74) is 1.27. The van der Waals surface area contributed by atoms with Gasteiger partial charge in [0.2, 0.25) is 0 Å². The Labute approximate surface area is 147 Å². The number of hydrogen-bond donors (Lipinski definition) is 2. The van der Waals surface area contributed by atoms with E-state index in [4.69, 9.17) is 29.0 Å². The number of carboxylic acids is 1. The smallest absolute Gasteiger partial charge is 0.327 e. The highest BCUT2D eigenvalue weighted by Gasteiger charge is 2.40. The number of benzene rings is 1. The number of aliphatic carboxylic acids is 1. The average molecular weight is 366 g/mol. The van der Waals surface area contributed by atoms with Crippen LogP contribution in [0.25, 0.3) is 0 Å². The summed E-state index contributed by atoms with van der Waals surface area (Å²) in [5.74, 6) is 3.86. The van der Waals surface area contributed by atoms with E-state index in [1.807, 2.05) is 0 Å². The van der Waals surface area contributed by atoms with Crippen molar-refractivity contribution in [2.24, 2.45) is 5.84 Å². The second kappa shape index (κ2) is 6.39. The molecule has 124 valence electrons. The topological polar surface area (TPSA) is 96.5 Å². The third-order valence-electron chi connectivity index (χ3n) is 4.06. The molecule has 0 saturated carbocycles. The molecule has 1 aliphatic heterocycles. The number of hydrazine groups is 1. The van der Waals surface area contributed by atoms with Gasteiger partial charge in [-0.05, 0) is 30.7 Å². The van der Waals surface area contributed by atoms with E-state index in [1.165, 1.54) is 24.5 Å². The van der Waals surface area contributed by atoms with Gasteiger partial charge in [-0.3, -0.25) is 14.8 Å². The maximum atomic E-state index is 12.9. The summed E-state index contributed by atoms with van der Waals surface area (Å²) in [6.45, 7) is 0. The molecule has 24 heavy (non-hydrogen) atoms. The zero-order chi connectivity index (χ0) is 17.4. The average Bonchev–Trinajstić information content (AvgIpc) is 2.55. The molecule has 3 rings (SSSR count). The summed E-state index contributed by atoms with van der Waals surface area (Å²) in [6.07, 6.45) is 3.02. The predicted molar refractivity (Wildman–Crippen MR) is 90.5 cm³/mol. The van der Waals surface area contributed by atoms with Gasteiger partial charge in [-0.15, -0.1) is 0 Å². The first-order chi connectivity index (χ1) is 11.4. The molecular formula is C16H13Cl2N3O3. The number of ketones is 1. The van der Waals surface area contributed by atoms with Crippen LogP contribution in [0.1, 0.15) is 28.3 Å². The highest BCUT2D eigenvalue weighted by Crippen LogP contribution is 2.44. The predicted octanol–water partition coefficient (Wildman–Crippen LogP) is 2.89. The molecule has 2 heterocycles. The first-order valence-corrected chi connectivity index (χ1v) is 7.85. The Morgan fingerprint density at radius 3 is 2.54 bits per heavy atom. The van der Waals surface area contributed by atoms with Gasteiger partial charge in [0, 0.05) is 33.6 Å². The van der Waals surface area contributed by atoms with Gasteiger partial charge in [0.15, 0.2) is 5.78 Å². The Morgan fingerprint density at radius 2 is 1.92 bits per heavy atom. The van der Waals surface area contributed by atoms with E-state index in [0.717, 1.165) is 5.01 Å². The molecule has 1 aliphatic rings. The first kappa shape index (κ1) is 16.7. The van der Waals surface area contributed by atoms with Crippen molar-refractivity contribution < 1.29 is 14.7 Å². The van der Waals surface area contributed by atoms with Crippen LogP contribution in [0.4, 0.5) is 5.69 Å². The molecule has 1 aromatic heterocycles. The van der Waals surface area contributed by atoms with Crippen molar-refractivity contribution in [2.75, 3.05) is 5.01 Å². The molecule has 0 spiro atoms. The number of fused-ring (bicyclic) bond motifs is 1. The molecule has 0 aliphatic carbocycles. The van der Waals surface area contributed by atoms with Gasteiger partial charge >= 0.3 is 5.97 Å². The Kier molecular flexibility index (Phi) is 4.45. The first-order valence-electron chi connectivity index (χ1n) is 7.10. The maximum absolute atomic E-state index is 12.9. The summed E-state index contributed by atoms with van der Waals surface area (Å²) in [6, 6.07) is 5.14. The van der Waals surface area contributed by atoms with Crippen LogP contribution in [0.15, 0.2) is 36.7 Å². The SMILES string of the molecule is NN1c2cc(Cl)cc(Cl)c2C(C(=O)c2ccncc2)CC1C(=O)O. The van der Waals surface area contributed by atoms with Crippen LogP contribution in [-0.4, -0.2) is 27.9 Å². The molecule has 0 fully saturated rings. The molecular weight excluding hydrogens is 353 g/mol. The number of aromatic nitrogens is 1. The molecule has 0 bridgehead atoms. The Balaban J connectivity index is 2.15. The van der Waals surface area contributed by atoms with E-state index in [1.54, 1.807) is 12.1 Å². The van der Waals surface area contributed by atoms with E-state index in [2.05, 4.69) is 4.98 Å². The molecule has 0 saturated heterocycles. The minimum atomic E-state index is -1.12. The highest BCUT2D eigenvalue weighted by molar-refractivity contribution is 6.36. The van der Waals surface area contributed by atoms with Crippen molar-refractivity contribution >= 4 is 40.6 Å². The molecule has 3 N–H and O–H groups in total. The van der Waals surface area contributed by atoms with Gasteiger partial charge < -0.3 is 5.11 Å². The molecule has 0 amide bonds. The van der Waals surface area contributed by atoms with Crippen molar-refractivity contribution in [1.82, 2.24) is 4.98 Å².